The average Bonchev–Trinajstić information content (AvgIpc) is 2.95. The quantitative estimate of drug-likeness (QED) is 0.824. The number of nitrogens with zero attached hydrogens (tertiary/aromatic N) is 1. The van der Waals surface area contributed by atoms with Gasteiger partial charge in [0.05, 0.1) is 17.8 Å². The van der Waals surface area contributed by atoms with Crippen molar-refractivity contribution in [3.63, 3.8) is 0 Å². The highest BCUT2D eigenvalue weighted by Gasteiger charge is 2.59. The molecule has 1 amide bonds. The molecule has 18 heavy (non-hydrogen) atoms. The van der Waals surface area contributed by atoms with Gasteiger partial charge in [-0.3, -0.25) is 10.1 Å². The van der Waals surface area contributed by atoms with Gasteiger partial charge in [0.1, 0.15) is 0 Å². The molecule has 3 atom stereocenters. The molecule has 0 bridgehead atoms. The molecule has 102 valence electrons. The van der Waals surface area contributed by atoms with E-state index in [4.69, 9.17) is 4.74 Å². The van der Waals surface area contributed by atoms with Gasteiger partial charge in [-0.2, -0.15) is 0 Å². The van der Waals surface area contributed by atoms with Gasteiger partial charge in [-0.05, 0) is 32.6 Å². The Morgan fingerprint density at radius 2 is 2.28 bits per heavy atom. The first-order chi connectivity index (χ1) is 8.66. The number of ether oxygens (including phenoxy) is 1. The molecule has 2 heterocycles. The van der Waals surface area contributed by atoms with E-state index in [0.717, 1.165) is 45.3 Å². The Bertz CT molecular complexity index is 341. The molecule has 3 rings (SSSR count). The van der Waals surface area contributed by atoms with E-state index in [0.29, 0.717) is 17.9 Å². The van der Waals surface area contributed by atoms with Crippen molar-refractivity contribution < 1.29 is 9.53 Å². The van der Waals surface area contributed by atoms with Crippen molar-refractivity contribution >= 4 is 5.91 Å². The second kappa shape index (κ2) is 4.49. The van der Waals surface area contributed by atoms with Crippen LogP contribution in [0.2, 0.25) is 0 Å². The first-order valence-electron chi connectivity index (χ1n) is 7.36. The van der Waals surface area contributed by atoms with E-state index in [1.54, 1.807) is 0 Å². The predicted molar refractivity (Wildman–Crippen MR) is 69.0 cm³/mol. The van der Waals surface area contributed by atoms with Gasteiger partial charge in [-0.1, -0.05) is 13.3 Å². The first kappa shape index (κ1) is 12.4. The van der Waals surface area contributed by atoms with Gasteiger partial charge in [-0.25, -0.2) is 0 Å². The maximum atomic E-state index is 12.5. The van der Waals surface area contributed by atoms with Crippen LogP contribution < -0.4 is 5.32 Å². The minimum atomic E-state index is -0.164. The highest BCUT2D eigenvalue weighted by atomic mass is 16.5. The summed E-state index contributed by atoms with van der Waals surface area (Å²) in [5, 5.41) is 3.57. The maximum absolute atomic E-state index is 12.5. The van der Waals surface area contributed by atoms with Gasteiger partial charge in [0.15, 0.2) is 0 Å². The Hall–Kier alpha value is -0.610. The molecule has 0 aromatic carbocycles. The van der Waals surface area contributed by atoms with Crippen molar-refractivity contribution in [1.82, 2.24) is 10.2 Å². The van der Waals surface area contributed by atoms with Crippen LogP contribution in [0.15, 0.2) is 0 Å². The lowest BCUT2D eigenvalue weighted by atomic mass is 10.0. The predicted octanol–water partition coefficient (Wildman–Crippen LogP) is 1.50. The van der Waals surface area contributed by atoms with Gasteiger partial charge in [0, 0.05) is 19.1 Å². The molecule has 0 radical (unpaired) electrons. The number of rotatable bonds is 4. The number of hydrogen-bond acceptors (Lipinski definition) is 3. The smallest absolute Gasteiger partial charge is 0.244 e. The third kappa shape index (κ3) is 1.95. The summed E-state index contributed by atoms with van der Waals surface area (Å²) in [7, 11) is 0. The first-order valence-corrected chi connectivity index (χ1v) is 7.36. The van der Waals surface area contributed by atoms with Crippen molar-refractivity contribution in [2.75, 3.05) is 13.2 Å². The molecule has 1 N–H and O–H groups in total. The van der Waals surface area contributed by atoms with Crippen LogP contribution in [-0.4, -0.2) is 41.8 Å². The van der Waals surface area contributed by atoms with E-state index >= 15 is 0 Å². The van der Waals surface area contributed by atoms with Gasteiger partial charge in [-0.15, -0.1) is 0 Å². The van der Waals surface area contributed by atoms with Crippen LogP contribution in [0, 0.1) is 5.92 Å². The summed E-state index contributed by atoms with van der Waals surface area (Å²) in [5.74, 6) is 0.865. The Morgan fingerprint density at radius 1 is 1.50 bits per heavy atom. The molecular formula is C14H24N2O2. The molecule has 1 aliphatic carbocycles. The normalized spacial score (nSPS) is 37.8. The Morgan fingerprint density at radius 3 is 2.83 bits per heavy atom. The summed E-state index contributed by atoms with van der Waals surface area (Å²) in [6, 6.07) is 0. The highest BCUT2D eigenvalue weighted by Crippen LogP contribution is 2.43. The standard InChI is InChI=1S/C14H24N2O2/c1-3-4-12-15-14(6-7-14)13(17)16(12)9-11-5-8-18-10(11)2/h10-12,15H,3-9H2,1-2H3. The molecule has 3 aliphatic rings. The van der Waals surface area contributed by atoms with Crippen molar-refractivity contribution in [1.29, 1.82) is 0 Å². The fourth-order valence-electron chi connectivity index (χ4n) is 3.34. The van der Waals surface area contributed by atoms with Gasteiger partial charge < -0.3 is 9.64 Å². The zero-order valence-electron chi connectivity index (χ0n) is 11.4. The molecule has 0 aromatic rings. The monoisotopic (exact) mass is 252 g/mol. The molecule has 2 saturated heterocycles. The Balaban J connectivity index is 1.69. The fraction of sp³-hybridized carbons (Fsp3) is 0.929. The average molecular weight is 252 g/mol. The second-order valence-corrected chi connectivity index (χ2v) is 6.11. The van der Waals surface area contributed by atoms with Crippen LogP contribution in [0.25, 0.3) is 0 Å². The second-order valence-electron chi connectivity index (χ2n) is 6.11. The topological polar surface area (TPSA) is 41.6 Å². The molecule has 2 aliphatic heterocycles. The summed E-state index contributed by atoms with van der Waals surface area (Å²) in [4.78, 5) is 14.6. The summed E-state index contributed by atoms with van der Waals surface area (Å²) >= 11 is 0. The van der Waals surface area contributed by atoms with Crippen LogP contribution in [0.1, 0.15) is 46.0 Å². The molecule has 4 nitrogen and oxygen atoms in total. The van der Waals surface area contributed by atoms with Gasteiger partial charge in [0.25, 0.3) is 0 Å². The highest BCUT2D eigenvalue weighted by molar-refractivity contribution is 5.91. The number of amides is 1. The summed E-state index contributed by atoms with van der Waals surface area (Å²) < 4.78 is 5.62. The van der Waals surface area contributed by atoms with E-state index in [2.05, 4.69) is 24.1 Å². The van der Waals surface area contributed by atoms with Crippen LogP contribution in [0.4, 0.5) is 0 Å². The number of carbonyl (C=O) groups is 1. The number of nitrogens with one attached hydrogen (secondary N) is 1. The van der Waals surface area contributed by atoms with E-state index in [1.807, 2.05) is 0 Å². The molecule has 3 unspecified atom stereocenters. The minimum absolute atomic E-state index is 0.164. The van der Waals surface area contributed by atoms with E-state index < -0.39 is 0 Å². The molecular weight excluding hydrogens is 228 g/mol. The molecule has 4 heteroatoms. The lowest BCUT2D eigenvalue weighted by Gasteiger charge is -2.27. The minimum Gasteiger partial charge on any atom is -0.378 e. The maximum Gasteiger partial charge on any atom is 0.244 e. The fourth-order valence-corrected chi connectivity index (χ4v) is 3.34. The van der Waals surface area contributed by atoms with E-state index in [-0.39, 0.29) is 11.7 Å². The summed E-state index contributed by atoms with van der Waals surface area (Å²) in [6.45, 7) is 6.04. The van der Waals surface area contributed by atoms with Crippen molar-refractivity contribution in [2.45, 2.75) is 63.8 Å². The lowest BCUT2D eigenvalue weighted by Crippen LogP contribution is -2.41. The zero-order valence-corrected chi connectivity index (χ0v) is 11.4. The Labute approximate surface area is 109 Å². The van der Waals surface area contributed by atoms with Crippen molar-refractivity contribution in [2.24, 2.45) is 5.92 Å². The van der Waals surface area contributed by atoms with Crippen LogP contribution in [-0.2, 0) is 9.53 Å². The van der Waals surface area contributed by atoms with Crippen molar-refractivity contribution in [3.05, 3.63) is 0 Å². The molecule has 3 fully saturated rings. The summed E-state index contributed by atoms with van der Waals surface area (Å²) in [5.41, 5.74) is -0.164. The van der Waals surface area contributed by atoms with Crippen molar-refractivity contribution in [3.8, 4) is 0 Å². The third-order valence-electron chi connectivity index (χ3n) is 4.77. The molecule has 0 aromatic heterocycles. The van der Waals surface area contributed by atoms with E-state index in [1.165, 1.54) is 0 Å². The number of carbonyl (C=O) groups excluding carboxylic acids is 1. The Kier molecular flexibility index (Phi) is 3.10. The largest absolute Gasteiger partial charge is 0.378 e. The number of hydrogen-bond donors (Lipinski definition) is 1. The van der Waals surface area contributed by atoms with Gasteiger partial charge in [0.2, 0.25) is 5.91 Å². The third-order valence-corrected chi connectivity index (χ3v) is 4.77. The van der Waals surface area contributed by atoms with Crippen LogP contribution in [0.5, 0.6) is 0 Å². The van der Waals surface area contributed by atoms with Crippen LogP contribution in [0.3, 0.4) is 0 Å². The zero-order chi connectivity index (χ0) is 12.8. The van der Waals surface area contributed by atoms with Gasteiger partial charge >= 0.3 is 0 Å². The molecule has 1 spiro atoms. The molecule has 1 saturated carbocycles. The lowest BCUT2D eigenvalue weighted by molar-refractivity contribution is -0.131. The SMILES string of the molecule is CCCC1NC2(CC2)C(=O)N1CC1CCOC1C. The van der Waals surface area contributed by atoms with E-state index in [9.17, 15) is 4.79 Å². The summed E-state index contributed by atoms with van der Waals surface area (Å²) in [6.07, 6.45) is 5.90. The van der Waals surface area contributed by atoms with Crippen LogP contribution >= 0.6 is 0 Å².